The lowest BCUT2D eigenvalue weighted by Gasteiger charge is -2.52. The molecule has 8 heteroatoms. The van der Waals surface area contributed by atoms with Crippen molar-refractivity contribution in [1.29, 1.82) is 0 Å². The van der Waals surface area contributed by atoms with E-state index in [1.165, 1.54) is 50.9 Å². The number of nitrogens with zero attached hydrogens (tertiary/aromatic N) is 3. The maximum absolute atomic E-state index is 13.0. The highest BCUT2D eigenvalue weighted by Crippen LogP contribution is 2.52. The summed E-state index contributed by atoms with van der Waals surface area (Å²) < 4.78 is 3.21. The highest BCUT2D eigenvalue weighted by molar-refractivity contribution is 6.00. The molecule has 1 aliphatic carbocycles. The number of aryl methyl sites for hydroxylation is 1. The number of likely N-dealkylation sites (tertiary alicyclic amines) is 1. The third-order valence-electron chi connectivity index (χ3n) is 9.32. The number of hydrogen-bond donors (Lipinski definition) is 2. The van der Waals surface area contributed by atoms with Crippen LogP contribution in [0.4, 0.5) is 0 Å². The van der Waals surface area contributed by atoms with Crippen molar-refractivity contribution in [3.8, 4) is 0 Å². The maximum atomic E-state index is 13.0. The summed E-state index contributed by atoms with van der Waals surface area (Å²) in [5, 5.41) is 5.88. The van der Waals surface area contributed by atoms with Gasteiger partial charge in [0, 0.05) is 20.0 Å². The fraction of sp³-hybridized carbons (Fsp3) is 0.667. The van der Waals surface area contributed by atoms with Gasteiger partial charge >= 0.3 is 5.69 Å². The summed E-state index contributed by atoms with van der Waals surface area (Å²) in [5.41, 5.74) is 3.37. The van der Waals surface area contributed by atoms with Crippen molar-refractivity contribution in [3.05, 3.63) is 34.2 Å². The van der Waals surface area contributed by atoms with Crippen LogP contribution in [0.2, 0.25) is 0 Å². The lowest BCUT2D eigenvalue weighted by molar-refractivity contribution is -0.135. The lowest BCUT2D eigenvalue weighted by Crippen LogP contribution is -2.49. The second-order valence-electron chi connectivity index (χ2n) is 11.5. The Kier molecular flexibility index (Phi) is 5.84. The molecule has 1 saturated carbocycles. The minimum atomic E-state index is -0.631. The monoisotopic (exact) mass is 479 g/mol. The number of rotatable bonds is 4. The number of imidazole rings is 1. The molecule has 6 rings (SSSR count). The van der Waals surface area contributed by atoms with Crippen molar-refractivity contribution < 1.29 is 9.59 Å². The van der Waals surface area contributed by atoms with Crippen molar-refractivity contribution in [2.75, 3.05) is 32.7 Å². The molecule has 4 aliphatic rings. The highest BCUT2D eigenvalue weighted by Gasteiger charge is 2.44. The van der Waals surface area contributed by atoms with E-state index in [1.807, 2.05) is 6.07 Å². The summed E-state index contributed by atoms with van der Waals surface area (Å²) >= 11 is 0. The van der Waals surface area contributed by atoms with E-state index in [1.54, 1.807) is 16.2 Å². The summed E-state index contributed by atoms with van der Waals surface area (Å²) in [5.74, 6) is 0.727. The van der Waals surface area contributed by atoms with Crippen molar-refractivity contribution in [3.63, 3.8) is 0 Å². The van der Waals surface area contributed by atoms with Gasteiger partial charge in [-0.3, -0.25) is 24.0 Å². The molecule has 0 bridgehead atoms. The van der Waals surface area contributed by atoms with E-state index >= 15 is 0 Å². The van der Waals surface area contributed by atoms with Crippen LogP contribution in [0.15, 0.2) is 23.0 Å². The summed E-state index contributed by atoms with van der Waals surface area (Å²) in [7, 11) is 1.77. The second-order valence-corrected chi connectivity index (χ2v) is 11.5. The summed E-state index contributed by atoms with van der Waals surface area (Å²) in [6, 6.07) is 5.65. The second kappa shape index (κ2) is 8.89. The van der Waals surface area contributed by atoms with Crippen LogP contribution in [-0.2, 0) is 16.6 Å². The van der Waals surface area contributed by atoms with E-state index < -0.39 is 6.04 Å². The Balaban J connectivity index is 1.11. The van der Waals surface area contributed by atoms with Gasteiger partial charge in [0.1, 0.15) is 6.04 Å². The molecule has 1 unspecified atom stereocenters. The van der Waals surface area contributed by atoms with Crippen LogP contribution >= 0.6 is 0 Å². The number of benzene rings is 1. The van der Waals surface area contributed by atoms with Gasteiger partial charge in [0.2, 0.25) is 11.8 Å². The molecule has 4 heterocycles. The molecule has 188 valence electrons. The Morgan fingerprint density at radius 1 is 1.00 bits per heavy atom. The molecule has 3 saturated heterocycles. The molecule has 3 aliphatic heterocycles. The predicted molar refractivity (Wildman–Crippen MR) is 134 cm³/mol. The van der Waals surface area contributed by atoms with E-state index in [2.05, 4.69) is 27.7 Å². The van der Waals surface area contributed by atoms with Gasteiger partial charge in [0.25, 0.3) is 0 Å². The number of nitrogens with one attached hydrogen (secondary N) is 2. The average Bonchev–Trinajstić information content (AvgIpc) is 3.09. The first kappa shape index (κ1) is 23.0. The Morgan fingerprint density at radius 3 is 2.46 bits per heavy atom. The van der Waals surface area contributed by atoms with E-state index in [-0.39, 0.29) is 23.9 Å². The molecule has 1 atom stereocenters. The molecule has 1 spiro atoms. The van der Waals surface area contributed by atoms with Crippen LogP contribution < -0.4 is 16.3 Å². The Bertz CT molecular complexity index is 1190. The molecular weight excluding hydrogens is 442 g/mol. The van der Waals surface area contributed by atoms with Gasteiger partial charge in [-0.15, -0.1) is 0 Å². The molecule has 2 amide bonds. The van der Waals surface area contributed by atoms with Crippen molar-refractivity contribution in [2.24, 2.45) is 18.4 Å². The van der Waals surface area contributed by atoms with Crippen LogP contribution in [0.1, 0.15) is 68.9 Å². The van der Waals surface area contributed by atoms with Crippen LogP contribution in [0, 0.1) is 11.3 Å². The Morgan fingerprint density at radius 2 is 1.74 bits per heavy atom. The molecule has 0 radical (unpaired) electrons. The summed E-state index contributed by atoms with van der Waals surface area (Å²) in [4.78, 5) is 39.7. The topological polar surface area (TPSA) is 88.4 Å². The number of hydrogen-bond acceptors (Lipinski definition) is 5. The SMILES string of the molecule is Cn1c(=O)n(C2CCC(=O)NC2=O)c2ccc(C3CCN(CC4CC5(CCNCC5)C4)CC3)cc21. The summed E-state index contributed by atoms with van der Waals surface area (Å²) in [6.07, 6.45) is 8.48. The first-order chi connectivity index (χ1) is 16.9. The number of piperidine rings is 3. The quantitative estimate of drug-likeness (QED) is 0.657. The zero-order valence-electron chi connectivity index (χ0n) is 20.7. The zero-order valence-corrected chi connectivity index (χ0v) is 20.7. The zero-order chi connectivity index (χ0) is 24.2. The van der Waals surface area contributed by atoms with Gasteiger partial charge in [-0.2, -0.15) is 0 Å². The van der Waals surface area contributed by atoms with Gasteiger partial charge < -0.3 is 10.2 Å². The Labute approximate surface area is 206 Å². The number of aromatic nitrogens is 2. The van der Waals surface area contributed by atoms with Gasteiger partial charge in [0.05, 0.1) is 11.0 Å². The standard InChI is InChI=1S/C27H37N5O3/c1-30-23-14-20(2-3-21(23)32(26(30)35)22-4-5-24(33)29-25(22)34)19-6-12-31(13-7-19)17-18-15-27(16-18)8-10-28-11-9-27/h2-3,14,18-19,22,28H,4-13,15-17H2,1H3,(H,29,33,34). The van der Waals surface area contributed by atoms with Gasteiger partial charge in [-0.25, -0.2) is 4.79 Å². The lowest BCUT2D eigenvalue weighted by atomic mass is 9.57. The molecule has 1 aromatic carbocycles. The summed E-state index contributed by atoms with van der Waals surface area (Å²) in [6.45, 7) is 5.94. The number of amides is 2. The fourth-order valence-corrected chi connectivity index (χ4v) is 7.34. The van der Waals surface area contributed by atoms with Crippen LogP contribution in [-0.4, -0.2) is 58.6 Å². The molecule has 35 heavy (non-hydrogen) atoms. The number of fused-ring (bicyclic) bond motifs is 1. The molecule has 2 N–H and O–H groups in total. The van der Waals surface area contributed by atoms with Crippen LogP contribution in [0.25, 0.3) is 11.0 Å². The normalized spacial score (nSPS) is 26.3. The minimum absolute atomic E-state index is 0.200. The number of imide groups is 1. The minimum Gasteiger partial charge on any atom is -0.317 e. The first-order valence-corrected chi connectivity index (χ1v) is 13.4. The van der Waals surface area contributed by atoms with Crippen LogP contribution in [0.3, 0.4) is 0 Å². The van der Waals surface area contributed by atoms with Gasteiger partial charge in [0.15, 0.2) is 0 Å². The van der Waals surface area contributed by atoms with Crippen molar-refractivity contribution in [2.45, 2.75) is 63.3 Å². The van der Waals surface area contributed by atoms with E-state index in [4.69, 9.17) is 0 Å². The highest BCUT2D eigenvalue weighted by atomic mass is 16.2. The molecule has 8 nitrogen and oxygen atoms in total. The Hall–Kier alpha value is -2.45. The fourth-order valence-electron chi connectivity index (χ4n) is 7.34. The number of carbonyl (C=O) groups excluding carboxylic acids is 2. The molecular formula is C27H37N5O3. The predicted octanol–water partition coefficient (Wildman–Crippen LogP) is 2.28. The molecule has 4 fully saturated rings. The maximum Gasteiger partial charge on any atom is 0.329 e. The largest absolute Gasteiger partial charge is 0.329 e. The van der Waals surface area contributed by atoms with Crippen molar-refractivity contribution >= 4 is 22.8 Å². The smallest absolute Gasteiger partial charge is 0.317 e. The van der Waals surface area contributed by atoms with E-state index in [9.17, 15) is 14.4 Å². The average molecular weight is 480 g/mol. The third-order valence-corrected chi connectivity index (χ3v) is 9.32. The number of carbonyl (C=O) groups is 2. The van der Waals surface area contributed by atoms with E-state index in [0.717, 1.165) is 42.9 Å². The van der Waals surface area contributed by atoms with E-state index in [0.29, 0.717) is 17.8 Å². The first-order valence-electron chi connectivity index (χ1n) is 13.4. The van der Waals surface area contributed by atoms with Gasteiger partial charge in [-0.05, 0) is 106 Å². The molecule has 1 aromatic heterocycles. The third kappa shape index (κ3) is 4.14. The molecule has 2 aromatic rings. The van der Waals surface area contributed by atoms with Gasteiger partial charge in [-0.1, -0.05) is 6.07 Å². The van der Waals surface area contributed by atoms with Crippen LogP contribution in [0.5, 0.6) is 0 Å². The van der Waals surface area contributed by atoms with Crippen molar-refractivity contribution in [1.82, 2.24) is 24.7 Å².